The summed E-state index contributed by atoms with van der Waals surface area (Å²) < 4.78 is 0. The van der Waals surface area contributed by atoms with Crippen LogP contribution in [0.15, 0.2) is 34.7 Å². The van der Waals surface area contributed by atoms with Crippen LogP contribution in [0.3, 0.4) is 0 Å². The van der Waals surface area contributed by atoms with Gasteiger partial charge in [0, 0.05) is 18.1 Å². The number of Topliss-reactive ketones (excluding diaryl/α,β-unsaturated/α-hetero) is 1. The number of aryl methyl sites for hydroxylation is 3. The summed E-state index contributed by atoms with van der Waals surface area (Å²) in [6, 6.07) is 7.88. The smallest absolute Gasteiger partial charge is 0.230 e. The van der Waals surface area contributed by atoms with Gasteiger partial charge in [-0.15, -0.1) is 11.3 Å². The molecule has 3 aromatic rings. The second kappa shape index (κ2) is 9.49. The van der Waals surface area contributed by atoms with E-state index in [2.05, 4.69) is 16.9 Å². The number of amides is 1. The van der Waals surface area contributed by atoms with Crippen molar-refractivity contribution >= 4 is 45.6 Å². The summed E-state index contributed by atoms with van der Waals surface area (Å²) in [4.78, 5) is 39.6. The van der Waals surface area contributed by atoms with Crippen LogP contribution in [-0.2, 0) is 17.0 Å². The topological polar surface area (TPSA) is 76.1 Å². The molecule has 2 aromatic heterocycles. The Morgan fingerprint density at radius 1 is 1.10 bits per heavy atom. The molecule has 0 radical (unpaired) electrons. The van der Waals surface area contributed by atoms with Gasteiger partial charge in [-0.1, -0.05) is 36.9 Å². The normalized spacial score (nSPS) is 10.8. The van der Waals surface area contributed by atoms with Crippen LogP contribution >= 0.6 is 23.1 Å². The van der Waals surface area contributed by atoms with Gasteiger partial charge in [0.1, 0.15) is 10.9 Å². The molecule has 30 heavy (non-hydrogen) atoms. The molecule has 156 valence electrons. The average Bonchev–Trinajstić information content (AvgIpc) is 3.14. The highest BCUT2D eigenvalue weighted by molar-refractivity contribution is 7.98. The first-order valence-corrected chi connectivity index (χ1v) is 11.5. The summed E-state index contributed by atoms with van der Waals surface area (Å²) in [5, 5.41) is 3.25. The van der Waals surface area contributed by atoms with Crippen LogP contribution < -0.4 is 4.90 Å². The third-order valence-corrected chi connectivity index (χ3v) is 6.42. The fourth-order valence-corrected chi connectivity index (χ4v) is 5.28. The molecule has 0 N–H and O–H groups in total. The molecule has 0 aliphatic carbocycles. The van der Waals surface area contributed by atoms with E-state index in [9.17, 15) is 9.59 Å². The van der Waals surface area contributed by atoms with Crippen LogP contribution in [0.2, 0.25) is 0 Å². The predicted molar refractivity (Wildman–Crippen MR) is 122 cm³/mol. The second-order valence-corrected chi connectivity index (χ2v) is 8.64. The van der Waals surface area contributed by atoms with Gasteiger partial charge in [-0.05, 0) is 38.8 Å². The first-order valence-electron chi connectivity index (χ1n) is 9.63. The molecular formula is C22H24N4O2S2. The summed E-state index contributed by atoms with van der Waals surface area (Å²) in [5.74, 6) is 1.06. The maximum absolute atomic E-state index is 12.4. The molecule has 0 bridgehead atoms. The van der Waals surface area contributed by atoms with Crippen molar-refractivity contribution in [1.29, 1.82) is 0 Å². The number of thiazole rings is 1. The number of para-hydroxylation sites is 1. The van der Waals surface area contributed by atoms with E-state index in [0.717, 1.165) is 23.4 Å². The molecule has 0 unspecified atom stereocenters. The quantitative estimate of drug-likeness (QED) is 0.282. The maximum atomic E-state index is 12.4. The minimum Gasteiger partial charge on any atom is -0.294 e. The van der Waals surface area contributed by atoms with Crippen molar-refractivity contribution in [3.63, 3.8) is 0 Å². The van der Waals surface area contributed by atoms with Gasteiger partial charge >= 0.3 is 0 Å². The number of nitrogens with zero attached hydrogens (tertiary/aromatic N) is 4. The predicted octanol–water partition coefficient (Wildman–Crippen LogP) is 5.29. The summed E-state index contributed by atoms with van der Waals surface area (Å²) in [7, 11) is 0. The van der Waals surface area contributed by atoms with E-state index >= 15 is 0 Å². The summed E-state index contributed by atoms with van der Waals surface area (Å²) in [6.45, 7) is 8.79. The molecule has 0 saturated carbocycles. The lowest BCUT2D eigenvalue weighted by Gasteiger charge is -2.21. The number of carbonyl (C=O) groups is 2. The van der Waals surface area contributed by atoms with E-state index < -0.39 is 0 Å². The zero-order chi connectivity index (χ0) is 21.8. The fraction of sp³-hybridized carbons (Fsp3) is 0.318. The van der Waals surface area contributed by atoms with Crippen LogP contribution in [0.4, 0.5) is 10.8 Å². The van der Waals surface area contributed by atoms with Crippen LogP contribution in [0, 0.1) is 13.8 Å². The molecule has 2 heterocycles. The van der Waals surface area contributed by atoms with Gasteiger partial charge < -0.3 is 0 Å². The third kappa shape index (κ3) is 4.76. The first kappa shape index (κ1) is 22.1. The van der Waals surface area contributed by atoms with Crippen LogP contribution in [-0.4, -0.2) is 26.6 Å². The Labute approximate surface area is 184 Å². The first-order chi connectivity index (χ1) is 14.3. The third-order valence-electron chi connectivity index (χ3n) is 4.54. The molecule has 0 fully saturated rings. The number of anilines is 2. The van der Waals surface area contributed by atoms with Crippen molar-refractivity contribution in [2.24, 2.45) is 0 Å². The molecule has 0 saturated heterocycles. The zero-order valence-electron chi connectivity index (χ0n) is 17.7. The molecule has 0 aliphatic heterocycles. The van der Waals surface area contributed by atoms with Crippen LogP contribution in [0.25, 0.3) is 0 Å². The minimum absolute atomic E-state index is 0.0482. The Balaban J connectivity index is 1.86. The monoisotopic (exact) mass is 440 g/mol. The average molecular weight is 441 g/mol. The standard InChI is InChI=1S/C22H24N4O2S2/c1-6-17-9-7-8-10-19(17)26(16(5)28)22-25-18(12-30-22)11-29-21-20(14(3)27)13(2)23-15(4)24-21/h7-10,12H,6,11H2,1-5H3. The Bertz CT molecular complexity index is 1090. The van der Waals surface area contributed by atoms with Gasteiger partial charge in [0.25, 0.3) is 0 Å². The van der Waals surface area contributed by atoms with E-state index in [1.807, 2.05) is 43.5 Å². The van der Waals surface area contributed by atoms with Crippen molar-refractivity contribution in [3.05, 3.63) is 58.0 Å². The van der Waals surface area contributed by atoms with Gasteiger partial charge in [0.2, 0.25) is 5.91 Å². The van der Waals surface area contributed by atoms with Crippen molar-refractivity contribution in [2.45, 2.75) is 51.8 Å². The number of benzene rings is 1. The Morgan fingerprint density at radius 2 is 1.83 bits per heavy atom. The summed E-state index contributed by atoms with van der Waals surface area (Å²) >= 11 is 2.90. The highest BCUT2D eigenvalue weighted by Gasteiger charge is 2.21. The lowest BCUT2D eigenvalue weighted by molar-refractivity contribution is -0.115. The fourth-order valence-electron chi connectivity index (χ4n) is 3.23. The Kier molecular flexibility index (Phi) is 6.99. The van der Waals surface area contributed by atoms with Crippen LogP contribution in [0.5, 0.6) is 0 Å². The second-order valence-electron chi connectivity index (χ2n) is 6.84. The number of carbonyl (C=O) groups excluding carboxylic acids is 2. The van der Waals surface area contributed by atoms with Gasteiger partial charge in [0.15, 0.2) is 10.9 Å². The van der Waals surface area contributed by atoms with E-state index in [-0.39, 0.29) is 11.7 Å². The van der Waals surface area contributed by atoms with Crippen molar-refractivity contribution in [2.75, 3.05) is 4.90 Å². The number of thioether (sulfide) groups is 1. The number of ketones is 1. The molecule has 8 heteroatoms. The number of hydrogen-bond acceptors (Lipinski definition) is 7. The minimum atomic E-state index is -0.0784. The highest BCUT2D eigenvalue weighted by Crippen LogP contribution is 2.33. The van der Waals surface area contributed by atoms with Gasteiger partial charge in [-0.25, -0.2) is 15.0 Å². The Hall–Kier alpha value is -2.58. The van der Waals surface area contributed by atoms with Gasteiger partial charge in [0.05, 0.1) is 22.6 Å². The highest BCUT2D eigenvalue weighted by atomic mass is 32.2. The lowest BCUT2D eigenvalue weighted by atomic mass is 10.1. The largest absolute Gasteiger partial charge is 0.294 e. The van der Waals surface area contributed by atoms with Crippen molar-refractivity contribution in [1.82, 2.24) is 15.0 Å². The molecule has 1 amide bonds. The maximum Gasteiger partial charge on any atom is 0.230 e. The molecule has 1 aromatic carbocycles. The Morgan fingerprint density at radius 3 is 2.50 bits per heavy atom. The van der Waals surface area contributed by atoms with Gasteiger partial charge in [-0.3, -0.25) is 14.5 Å². The van der Waals surface area contributed by atoms with Crippen molar-refractivity contribution < 1.29 is 9.59 Å². The number of aromatic nitrogens is 3. The van der Waals surface area contributed by atoms with Crippen molar-refractivity contribution in [3.8, 4) is 0 Å². The molecule has 0 spiro atoms. The number of hydrogen-bond donors (Lipinski definition) is 0. The lowest BCUT2D eigenvalue weighted by Crippen LogP contribution is -2.23. The zero-order valence-corrected chi connectivity index (χ0v) is 19.4. The molecule has 0 aliphatic rings. The SMILES string of the molecule is CCc1ccccc1N(C(C)=O)c1nc(CSc2nc(C)nc(C)c2C(C)=O)cs1. The van der Waals surface area contributed by atoms with E-state index in [1.54, 1.807) is 11.8 Å². The number of rotatable bonds is 7. The van der Waals surface area contributed by atoms with Gasteiger partial charge in [-0.2, -0.15) is 0 Å². The van der Waals surface area contributed by atoms with E-state index in [4.69, 9.17) is 4.98 Å². The molecule has 3 rings (SSSR count). The van der Waals surface area contributed by atoms with E-state index in [1.165, 1.54) is 30.0 Å². The molecular weight excluding hydrogens is 416 g/mol. The molecule has 6 nitrogen and oxygen atoms in total. The summed E-state index contributed by atoms with van der Waals surface area (Å²) in [6.07, 6.45) is 0.828. The van der Waals surface area contributed by atoms with E-state index in [0.29, 0.717) is 33.0 Å². The molecule has 0 atom stereocenters. The van der Waals surface area contributed by atoms with Crippen LogP contribution in [0.1, 0.15) is 53.9 Å². The summed E-state index contributed by atoms with van der Waals surface area (Å²) in [5.41, 5.74) is 4.04.